The van der Waals surface area contributed by atoms with Crippen molar-refractivity contribution in [1.29, 1.82) is 0 Å². The van der Waals surface area contributed by atoms with Crippen molar-refractivity contribution < 1.29 is 19.1 Å². The van der Waals surface area contributed by atoms with Crippen LogP contribution in [0.5, 0.6) is 0 Å². The molecule has 2 fully saturated rings. The van der Waals surface area contributed by atoms with Crippen LogP contribution in [0, 0.1) is 5.92 Å². The van der Waals surface area contributed by atoms with Crippen LogP contribution in [0.25, 0.3) is 0 Å². The van der Waals surface area contributed by atoms with Crippen LogP contribution in [0.3, 0.4) is 0 Å². The van der Waals surface area contributed by atoms with Gasteiger partial charge in [-0.15, -0.1) is 0 Å². The van der Waals surface area contributed by atoms with Crippen LogP contribution in [0.1, 0.15) is 32.1 Å². The highest BCUT2D eigenvalue weighted by atomic mass is 16.5. The van der Waals surface area contributed by atoms with E-state index in [9.17, 15) is 9.59 Å². The minimum atomic E-state index is -0.401. The van der Waals surface area contributed by atoms with Crippen molar-refractivity contribution in [3.8, 4) is 0 Å². The van der Waals surface area contributed by atoms with E-state index in [1.54, 1.807) is 0 Å². The quantitative estimate of drug-likeness (QED) is 0.784. The highest BCUT2D eigenvalue weighted by Gasteiger charge is 2.35. The normalized spacial score (nSPS) is 27.5. The summed E-state index contributed by atoms with van der Waals surface area (Å²) in [5, 5.41) is 2.87. The van der Waals surface area contributed by atoms with Gasteiger partial charge in [-0.05, 0) is 25.2 Å². The van der Waals surface area contributed by atoms with Gasteiger partial charge in [0, 0.05) is 31.6 Å². The Morgan fingerprint density at radius 1 is 1.20 bits per heavy atom. The lowest BCUT2D eigenvalue weighted by Gasteiger charge is -2.45. The van der Waals surface area contributed by atoms with Crippen LogP contribution >= 0.6 is 0 Å². The maximum absolute atomic E-state index is 11.5. The van der Waals surface area contributed by atoms with E-state index in [1.807, 2.05) is 0 Å². The Bertz CT molecular complexity index is 331. The van der Waals surface area contributed by atoms with Gasteiger partial charge in [-0.3, -0.25) is 9.69 Å². The average molecular weight is 284 g/mol. The van der Waals surface area contributed by atoms with Crippen LogP contribution < -0.4 is 5.32 Å². The van der Waals surface area contributed by atoms with Crippen molar-refractivity contribution in [2.24, 2.45) is 5.92 Å². The van der Waals surface area contributed by atoms with Crippen LogP contribution in [-0.2, 0) is 14.3 Å². The van der Waals surface area contributed by atoms with Crippen LogP contribution in [-0.4, -0.2) is 56.4 Å². The summed E-state index contributed by atoms with van der Waals surface area (Å²) in [6, 6.07) is 0.656. The molecule has 1 aliphatic heterocycles. The second kappa shape index (κ2) is 6.92. The SMILES string of the molecule is COC(=O)CC1CC(NC(=O)OC)CN(C2CCC2)C1. The number of rotatable bonds is 4. The summed E-state index contributed by atoms with van der Waals surface area (Å²) in [4.78, 5) is 25.3. The van der Waals surface area contributed by atoms with Gasteiger partial charge < -0.3 is 14.8 Å². The first-order valence-corrected chi connectivity index (χ1v) is 7.27. The van der Waals surface area contributed by atoms with E-state index in [1.165, 1.54) is 33.5 Å². The van der Waals surface area contributed by atoms with Gasteiger partial charge in [-0.2, -0.15) is 0 Å². The third-order valence-electron chi connectivity index (χ3n) is 4.35. The standard InChI is InChI=1S/C14H24N2O4/c1-19-13(17)7-10-6-11(15-14(18)20-2)9-16(8-10)12-4-3-5-12/h10-12H,3-9H2,1-2H3,(H,15,18). The van der Waals surface area contributed by atoms with E-state index < -0.39 is 6.09 Å². The minimum absolute atomic E-state index is 0.0476. The molecular weight excluding hydrogens is 260 g/mol. The molecule has 20 heavy (non-hydrogen) atoms. The fourth-order valence-corrected chi connectivity index (χ4v) is 3.09. The molecule has 2 atom stereocenters. The lowest BCUT2D eigenvalue weighted by Crippen LogP contribution is -2.55. The summed E-state index contributed by atoms with van der Waals surface area (Å²) in [6.07, 6.45) is 4.53. The van der Waals surface area contributed by atoms with Crippen molar-refractivity contribution in [3.63, 3.8) is 0 Å². The highest BCUT2D eigenvalue weighted by Crippen LogP contribution is 2.30. The molecule has 0 spiro atoms. The van der Waals surface area contributed by atoms with Crippen molar-refractivity contribution >= 4 is 12.1 Å². The highest BCUT2D eigenvalue weighted by molar-refractivity contribution is 5.69. The molecule has 0 aromatic heterocycles. The monoisotopic (exact) mass is 284 g/mol. The number of nitrogens with one attached hydrogen (secondary N) is 1. The molecular formula is C14H24N2O4. The van der Waals surface area contributed by atoms with E-state index in [0.717, 1.165) is 19.5 Å². The number of carbonyl (C=O) groups is 2. The van der Waals surface area contributed by atoms with Crippen molar-refractivity contribution in [2.75, 3.05) is 27.3 Å². The predicted octanol–water partition coefficient (Wildman–Crippen LogP) is 1.15. The topological polar surface area (TPSA) is 67.9 Å². The van der Waals surface area contributed by atoms with Crippen molar-refractivity contribution in [1.82, 2.24) is 10.2 Å². The second-order valence-electron chi connectivity index (χ2n) is 5.75. The fraction of sp³-hybridized carbons (Fsp3) is 0.857. The number of hydrogen-bond donors (Lipinski definition) is 1. The summed E-state index contributed by atoms with van der Waals surface area (Å²) < 4.78 is 9.42. The summed E-state index contributed by atoms with van der Waals surface area (Å²) in [6.45, 7) is 1.76. The zero-order valence-electron chi connectivity index (χ0n) is 12.3. The third kappa shape index (κ3) is 3.85. The molecule has 2 aliphatic rings. The van der Waals surface area contributed by atoms with Crippen molar-refractivity contribution in [3.05, 3.63) is 0 Å². The molecule has 6 heteroatoms. The van der Waals surface area contributed by atoms with Gasteiger partial charge in [0.2, 0.25) is 0 Å². The Hall–Kier alpha value is -1.30. The lowest BCUT2D eigenvalue weighted by molar-refractivity contribution is -0.142. The molecule has 1 heterocycles. The number of ether oxygens (including phenoxy) is 2. The van der Waals surface area contributed by atoms with Crippen molar-refractivity contribution in [2.45, 2.75) is 44.2 Å². The molecule has 0 aromatic rings. The first-order valence-electron chi connectivity index (χ1n) is 7.27. The van der Waals surface area contributed by atoms with E-state index in [0.29, 0.717) is 12.5 Å². The van der Waals surface area contributed by atoms with E-state index in [-0.39, 0.29) is 17.9 Å². The number of nitrogens with zero attached hydrogens (tertiary/aromatic N) is 1. The molecule has 114 valence electrons. The number of carbonyl (C=O) groups excluding carboxylic acids is 2. The molecule has 2 rings (SSSR count). The molecule has 0 bridgehead atoms. The molecule has 2 unspecified atom stereocenters. The van der Waals surface area contributed by atoms with E-state index >= 15 is 0 Å². The van der Waals surface area contributed by atoms with Gasteiger partial charge in [-0.1, -0.05) is 6.42 Å². The second-order valence-corrected chi connectivity index (χ2v) is 5.75. The molecule has 1 N–H and O–H groups in total. The smallest absolute Gasteiger partial charge is 0.407 e. The van der Waals surface area contributed by atoms with Crippen LogP contribution in [0.15, 0.2) is 0 Å². The third-order valence-corrected chi connectivity index (χ3v) is 4.35. The Balaban J connectivity index is 1.94. The van der Waals surface area contributed by atoms with Gasteiger partial charge in [0.1, 0.15) is 0 Å². The van der Waals surface area contributed by atoms with Crippen LogP contribution in [0.2, 0.25) is 0 Å². The lowest BCUT2D eigenvalue weighted by atomic mass is 9.85. The number of alkyl carbamates (subject to hydrolysis) is 1. The maximum atomic E-state index is 11.5. The molecule has 1 saturated heterocycles. The summed E-state index contributed by atoms with van der Waals surface area (Å²) in [7, 11) is 2.78. The largest absolute Gasteiger partial charge is 0.469 e. The van der Waals surface area contributed by atoms with Gasteiger partial charge in [0.05, 0.1) is 14.2 Å². The number of likely N-dealkylation sites (tertiary alicyclic amines) is 1. The first kappa shape index (κ1) is 15.1. The Morgan fingerprint density at radius 2 is 1.95 bits per heavy atom. The van der Waals surface area contributed by atoms with Gasteiger partial charge in [0.15, 0.2) is 0 Å². The number of esters is 1. The van der Waals surface area contributed by atoms with E-state index in [4.69, 9.17) is 4.74 Å². The first-order chi connectivity index (χ1) is 9.62. The van der Waals surface area contributed by atoms with Gasteiger partial charge >= 0.3 is 12.1 Å². The summed E-state index contributed by atoms with van der Waals surface area (Å²) in [5.41, 5.74) is 0. The van der Waals surface area contributed by atoms with Crippen LogP contribution in [0.4, 0.5) is 4.79 Å². The Labute approximate surface area is 119 Å². The molecule has 1 amide bonds. The molecule has 0 radical (unpaired) electrons. The van der Waals surface area contributed by atoms with Gasteiger partial charge in [-0.25, -0.2) is 4.79 Å². The minimum Gasteiger partial charge on any atom is -0.469 e. The average Bonchev–Trinajstić information content (AvgIpc) is 2.36. The molecule has 6 nitrogen and oxygen atoms in total. The molecule has 1 aliphatic carbocycles. The van der Waals surface area contributed by atoms with E-state index in [2.05, 4.69) is 15.0 Å². The number of hydrogen-bond acceptors (Lipinski definition) is 5. The number of piperidine rings is 1. The number of amides is 1. The zero-order valence-corrected chi connectivity index (χ0v) is 12.3. The summed E-state index contributed by atoms with van der Waals surface area (Å²) in [5.74, 6) is 0.0567. The zero-order chi connectivity index (χ0) is 14.5. The maximum Gasteiger partial charge on any atom is 0.407 e. The predicted molar refractivity (Wildman–Crippen MR) is 73.3 cm³/mol. The summed E-state index contributed by atoms with van der Waals surface area (Å²) >= 11 is 0. The number of methoxy groups -OCH3 is 2. The molecule has 1 saturated carbocycles. The Kier molecular flexibility index (Phi) is 5.23. The molecule has 0 aromatic carbocycles. The fourth-order valence-electron chi connectivity index (χ4n) is 3.09. The Morgan fingerprint density at radius 3 is 2.50 bits per heavy atom. The van der Waals surface area contributed by atoms with Gasteiger partial charge in [0.25, 0.3) is 0 Å².